The first-order valence-corrected chi connectivity index (χ1v) is 4.27. The molecule has 0 fully saturated rings. The molecule has 0 aromatic heterocycles. The summed E-state index contributed by atoms with van der Waals surface area (Å²) in [6.07, 6.45) is 0. The molecule has 2 aromatic rings. The number of hydrogen-bond donors (Lipinski definition) is 2. The fraction of sp³-hybridized carbons (Fsp3) is 0.0909. The van der Waals surface area contributed by atoms with Crippen LogP contribution >= 0.6 is 0 Å². The number of nitrogen functional groups attached to an aromatic ring is 1. The first-order valence-electron chi connectivity index (χ1n) is 4.27. The van der Waals surface area contributed by atoms with Crippen LogP contribution < -0.4 is 10.5 Å². The van der Waals surface area contributed by atoms with Crippen molar-refractivity contribution in [1.82, 2.24) is 0 Å². The first kappa shape index (κ1) is 8.69. The number of phenolic OH excluding ortho intramolecular Hbond substituents is 1. The van der Waals surface area contributed by atoms with E-state index in [-0.39, 0.29) is 5.75 Å². The van der Waals surface area contributed by atoms with Crippen LogP contribution in [0.4, 0.5) is 5.69 Å². The summed E-state index contributed by atoms with van der Waals surface area (Å²) in [5.74, 6) is 0.893. The van der Waals surface area contributed by atoms with Crippen molar-refractivity contribution in [2.24, 2.45) is 0 Å². The first-order chi connectivity index (χ1) is 6.72. The molecule has 0 unspecified atom stereocenters. The zero-order valence-electron chi connectivity index (χ0n) is 7.82. The highest BCUT2D eigenvalue weighted by Gasteiger charge is 2.05. The molecular weight excluding hydrogens is 178 g/mol. The molecule has 0 saturated carbocycles. The molecule has 0 amide bonds. The van der Waals surface area contributed by atoms with Crippen LogP contribution in [0.2, 0.25) is 0 Å². The molecule has 3 heteroatoms. The molecule has 0 spiro atoms. The maximum Gasteiger partial charge on any atom is 0.126 e. The molecule has 3 nitrogen and oxygen atoms in total. The summed E-state index contributed by atoms with van der Waals surface area (Å²) >= 11 is 0. The van der Waals surface area contributed by atoms with E-state index in [4.69, 9.17) is 10.5 Å². The molecule has 0 heterocycles. The maximum atomic E-state index is 9.64. The van der Waals surface area contributed by atoms with Gasteiger partial charge in [-0.3, -0.25) is 0 Å². The molecule has 3 N–H and O–H groups in total. The molecule has 0 aliphatic rings. The summed E-state index contributed by atoms with van der Waals surface area (Å²) in [5.41, 5.74) is 6.16. The van der Waals surface area contributed by atoms with E-state index in [0.29, 0.717) is 11.4 Å². The van der Waals surface area contributed by atoms with Crippen molar-refractivity contribution in [1.29, 1.82) is 0 Å². The minimum Gasteiger partial charge on any atom is -0.507 e. The second-order valence-corrected chi connectivity index (χ2v) is 3.10. The highest BCUT2D eigenvalue weighted by atomic mass is 16.5. The van der Waals surface area contributed by atoms with E-state index >= 15 is 0 Å². The Balaban J connectivity index is 2.86. The van der Waals surface area contributed by atoms with E-state index in [1.807, 2.05) is 18.2 Å². The fourth-order valence-electron chi connectivity index (χ4n) is 1.54. The number of rotatable bonds is 1. The van der Waals surface area contributed by atoms with Crippen molar-refractivity contribution in [3.05, 3.63) is 30.3 Å². The standard InChI is InChI=1S/C11H11NO2/c1-14-11-4-2-3-8-9(11)5-7(12)6-10(8)13/h2-6,13H,12H2,1H3. The van der Waals surface area contributed by atoms with Gasteiger partial charge in [0.15, 0.2) is 0 Å². The van der Waals surface area contributed by atoms with E-state index in [2.05, 4.69) is 0 Å². The molecule has 0 aliphatic carbocycles. The highest BCUT2D eigenvalue weighted by Crippen LogP contribution is 2.33. The zero-order valence-corrected chi connectivity index (χ0v) is 7.82. The molecule has 72 valence electrons. The van der Waals surface area contributed by atoms with Crippen molar-refractivity contribution in [3.8, 4) is 11.5 Å². The van der Waals surface area contributed by atoms with E-state index in [1.54, 1.807) is 13.2 Å². The van der Waals surface area contributed by atoms with Gasteiger partial charge in [0.1, 0.15) is 11.5 Å². The van der Waals surface area contributed by atoms with Crippen molar-refractivity contribution in [2.75, 3.05) is 12.8 Å². The van der Waals surface area contributed by atoms with Crippen LogP contribution in [0.15, 0.2) is 30.3 Å². The van der Waals surface area contributed by atoms with Gasteiger partial charge in [0.25, 0.3) is 0 Å². The van der Waals surface area contributed by atoms with Gasteiger partial charge < -0.3 is 15.6 Å². The second kappa shape index (κ2) is 3.10. The predicted molar refractivity (Wildman–Crippen MR) is 56.6 cm³/mol. The molecule has 0 radical (unpaired) electrons. The number of phenols is 1. The Bertz CT molecular complexity index is 480. The van der Waals surface area contributed by atoms with Gasteiger partial charge in [-0.1, -0.05) is 12.1 Å². The fourth-order valence-corrected chi connectivity index (χ4v) is 1.54. The average molecular weight is 189 g/mol. The summed E-state index contributed by atoms with van der Waals surface area (Å²) in [5, 5.41) is 11.2. The van der Waals surface area contributed by atoms with Gasteiger partial charge >= 0.3 is 0 Å². The number of benzene rings is 2. The van der Waals surface area contributed by atoms with Crippen LogP contribution in [-0.2, 0) is 0 Å². The third-order valence-electron chi connectivity index (χ3n) is 2.18. The number of anilines is 1. The second-order valence-electron chi connectivity index (χ2n) is 3.10. The van der Waals surface area contributed by atoms with Crippen LogP contribution in [0.1, 0.15) is 0 Å². The van der Waals surface area contributed by atoms with E-state index in [0.717, 1.165) is 10.8 Å². The lowest BCUT2D eigenvalue weighted by molar-refractivity contribution is 0.419. The summed E-state index contributed by atoms with van der Waals surface area (Å²) in [6, 6.07) is 8.81. The summed E-state index contributed by atoms with van der Waals surface area (Å²) in [6.45, 7) is 0. The van der Waals surface area contributed by atoms with Gasteiger partial charge in [-0.05, 0) is 12.1 Å². The topological polar surface area (TPSA) is 55.5 Å². The third-order valence-corrected chi connectivity index (χ3v) is 2.18. The summed E-state index contributed by atoms with van der Waals surface area (Å²) in [4.78, 5) is 0. The van der Waals surface area contributed by atoms with Crippen LogP contribution in [0.25, 0.3) is 10.8 Å². The van der Waals surface area contributed by atoms with E-state index < -0.39 is 0 Å². The maximum absolute atomic E-state index is 9.64. The molecule has 0 atom stereocenters. The van der Waals surface area contributed by atoms with Crippen LogP contribution in [0, 0.1) is 0 Å². The number of nitrogens with two attached hydrogens (primary N) is 1. The monoisotopic (exact) mass is 189 g/mol. The molecule has 2 rings (SSSR count). The molecule has 0 saturated heterocycles. The Hall–Kier alpha value is -1.90. The Morgan fingerprint density at radius 1 is 1.21 bits per heavy atom. The Morgan fingerprint density at radius 3 is 2.71 bits per heavy atom. The third kappa shape index (κ3) is 1.23. The van der Waals surface area contributed by atoms with Crippen molar-refractivity contribution in [2.45, 2.75) is 0 Å². The lowest BCUT2D eigenvalue weighted by Crippen LogP contribution is -1.88. The van der Waals surface area contributed by atoms with Gasteiger partial charge in [-0.15, -0.1) is 0 Å². The Labute approximate surface area is 81.7 Å². The number of fused-ring (bicyclic) bond motifs is 1. The van der Waals surface area contributed by atoms with Gasteiger partial charge in [-0.25, -0.2) is 0 Å². The number of aromatic hydroxyl groups is 1. The Morgan fingerprint density at radius 2 is 2.00 bits per heavy atom. The quantitative estimate of drug-likeness (QED) is 0.676. The molecule has 0 aliphatic heterocycles. The Kier molecular flexibility index (Phi) is 1.93. The van der Waals surface area contributed by atoms with Gasteiger partial charge in [0.2, 0.25) is 0 Å². The minimum atomic E-state index is 0.180. The lowest BCUT2D eigenvalue weighted by atomic mass is 10.1. The SMILES string of the molecule is COc1cccc2c(O)cc(N)cc12. The van der Waals surface area contributed by atoms with E-state index in [9.17, 15) is 5.11 Å². The normalized spacial score (nSPS) is 10.4. The number of hydrogen-bond acceptors (Lipinski definition) is 3. The van der Waals surface area contributed by atoms with Crippen molar-refractivity contribution < 1.29 is 9.84 Å². The number of methoxy groups -OCH3 is 1. The predicted octanol–water partition coefficient (Wildman–Crippen LogP) is 2.14. The van der Waals surface area contributed by atoms with Crippen molar-refractivity contribution in [3.63, 3.8) is 0 Å². The minimum absolute atomic E-state index is 0.180. The van der Waals surface area contributed by atoms with E-state index in [1.165, 1.54) is 6.07 Å². The molecular formula is C11H11NO2. The van der Waals surface area contributed by atoms with Gasteiger partial charge in [-0.2, -0.15) is 0 Å². The van der Waals surface area contributed by atoms with Crippen LogP contribution in [0.5, 0.6) is 11.5 Å². The zero-order chi connectivity index (χ0) is 10.1. The highest BCUT2D eigenvalue weighted by molar-refractivity contribution is 5.95. The van der Waals surface area contributed by atoms with Crippen LogP contribution in [0.3, 0.4) is 0 Å². The summed E-state index contributed by atoms with van der Waals surface area (Å²) < 4.78 is 5.17. The van der Waals surface area contributed by atoms with Gasteiger partial charge in [0.05, 0.1) is 7.11 Å². The summed E-state index contributed by atoms with van der Waals surface area (Å²) in [7, 11) is 1.59. The molecule has 2 aromatic carbocycles. The largest absolute Gasteiger partial charge is 0.507 e. The van der Waals surface area contributed by atoms with Crippen LogP contribution in [-0.4, -0.2) is 12.2 Å². The average Bonchev–Trinajstić information content (AvgIpc) is 2.17. The van der Waals surface area contributed by atoms with Crippen molar-refractivity contribution >= 4 is 16.5 Å². The smallest absolute Gasteiger partial charge is 0.126 e. The molecule has 0 bridgehead atoms. The van der Waals surface area contributed by atoms with Gasteiger partial charge in [0, 0.05) is 22.5 Å². The lowest BCUT2D eigenvalue weighted by Gasteiger charge is -2.07. The number of ether oxygens (including phenoxy) is 1. The molecule has 14 heavy (non-hydrogen) atoms.